The Morgan fingerprint density at radius 2 is 2.30 bits per heavy atom. The number of amides is 1. The maximum Gasteiger partial charge on any atom is 0.251 e. The van der Waals surface area contributed by atoms with Gasteiger partial charge in [-0.2, -0.15) is 5.10 Å². The predicted octanol–water partition coefficient (Wildman–Crippen LogP) is 0.308. The molecule has 1 amide bonds. The molecule has 2 heterocycles. The number of hydrogen-bond acceptors (Lipinski definition) is 5. The van der Waals surface area contributed by atoms with Crippen molar-refractivity contribution < 1.29 is 9.90 Å². The Bertz CT molecular complexity index is 662. The van der Waals surface area contributed by atoms with Gasteiger partial charge in [0.25, 0.3) is 5.91 Å². The van der Waals surface area contributed by atoms with Crippen molar-refractivity contribution in [2.75, 3.05) is 19.6 Å². The highest BCUT2D eigenvalue weighted by Crippen LogP contribution is 2.14. The fraction of sp³-hybridized carbons (Fsp3) is 0.400. The fourth-order valence-corrected chi connectivity index (χ4v) is 2.63. The summed E-state index contributed by atoms with van der Waals surface area (Å²) in [6, 6.07) is 5.52. The number of carbonyl (C=O) groups excluding carboxylic acids is 1. The van der Waals surface area contributed by atoms with Crippen molar-refractivity contribution in [2.24, 2.45) is 5.92 Å². The van der Waals surface area contributed by atoms with Gasteiger partial charge in [-0.25, -0.2) is 9.67 Å². The van der Waals surface area contributed by atoms with Gasteiger partial charge in [0, 0.05) is 31.1 Å². The molecule has 0 saturated carbocycles. The van der Waals surface area contributed by atoms with E-state index in [4.69, 9.17) is 0 Å². The zero-order valence-corrected chi connectivity index (χ0v) is 13.6. The third-order valence-electron chi connectivity index (χ3n) is 3.97. The lowest BCUT2D eigenvalue weighted by Crippen LogP contribution is -2.34. The van der Waals surface area contributed by atoms with Crippen LogP contribution in [0, 0.1) is 12.8 Å². The van der Waals surface area contributed by atoms with E-state index in [2.05, 4.69) is 20.7 Å². The number of aryl methyl sites for hydroxylation is 1. The van der Waals surface area contributed by atoms with Crippen molar-refractivity contribution in [1.82, 2.24) is 25.4 Å². The molecular formula is C15H20ClN5O2. The van der Waals surface area contributed by atoms with Gasteiger partial charge in [0.2, 0.25) is 0 Å². The topological polar surface area (TPSA) is 92.1 Å². The molecule has 8 heteroatoms. The molecule has 1 aromatic carbocycles. The molecule has 2 atom stereocenters. The number of nitrogens with one attached hydrogen (secondary N) is 2. The van der Waals surface area contributed by atoms with Crippen molar-refractivity contribution >= 4 is 18.3 Å². The van der Waals surface area contributed by atoms with E-state index < -0.39 is 6.10 Å². The van der Waals surface area contributed by atoms with Crippen LogP contribution in [-0.2, 0) is 0 Å². The van der Waals surface area contributed by atoms with Crippen LogP contribution in [0.2, 0.25) is 0 Å². The first-order valence-electron chi connectivity index (χ1n) is 7.28. The number of nitrogens with zero attached hydrogens (tertiary/aromatic N) is 3. The largest absolute Gasteiger partial charge is 0.391 e. The van der Waals surface area contributed by atoms with Gasteiger partial charge in [-0.15, -0.1) is 12.4 Å². The zero-order valence-electron chi connectivity index (χ0n) is 12.8. The summed E-state index contributed by atoms with van der Waals surface area (Å²) in [5.41, 5.74) is 2.36. The van der Waals surface area contributed by atoms with Crippen LogP contribution < -0.4 is 10.6 Å². The molecule has 2 unspecified atom stereocenters. The monoisotopic (exact) mass is 337 g/mol. The fourth-order valence-electron chi connectivity index (χ4n) is 2.63. The second-order valence-corrected chi connectivity index (χ2v) is 5.53. The lowest BCUT2D eigenvalue weighted by molar-refractivity contribution is 0.0926. The van der Waals surface area contributed by atoms with E-state index in [0.717, 1.165) is 17.8 Å². The summed E-state index contributed by atoms with van der Waals surface area (Å²) >= 11 is 0. The second-order valence-electron chi connectivity index (χ2n) is 5.53. The first-order chi connectivity index (χ1) is 10.6. The minimum atomic E-state index is -0.393. The summed E-state index contributed by atoms with van der Waals surface area (Å²) < 4.78 is 1.65. The van der Waals surface area contributed by atoms with Gasteiger partial charge in [0.1, 0.15) is 12.7 Å². The van der Waals surface area contributed by atoms with E-state index in [1.807, 2.05) is 19.1 Å². The van der Waals surface area contributed by atoms with Gasteiger partial charge in [0.05, 0.1) is 11.8 Å². The Balaban J connectivity index is 0.00000192. The van der Waals surface area contributed by atoms with E-state index in [1.165, 1.54) is 6.33 Å². The molecule has 3 rings (SSSR count). The van der Waals surface area contributed by atoms with E-state index >= 15 is 0 Å². The van der Waals surface area contributed by atoms with Crippen LogP contribution in [0.5, 0.6) is 0 Å². The molecule has 1 aliphatic rings. The highest BCUT2D eigenvalue weighted by atomic mass is 35.5. The third-order valence-corrected chi connectivity index (χ3v) is 3.97. The Labute approximate surface area is 140 Å². The number of hydrogen-bond donors (Lipinski definition) is 3. The molecule has 3 N–H and O–H groups in total. The summed E-state index contributed by atoms with van der Waals surface area (Å²) in [7, 11) is 0. The highest BCUT2D eigenvalue weighted by molar-refractivity contribution is 5.95. The van der Waals surface area contributed by atoms with E-state index in [9.17, 15) is 9.90 Å². The molecule has 7 nitrogen and oxygen atoms in total. The summed E-state index contributed by atoms with van der Waals surface area (Å²) in [6.07, 6.45) is 2.69. The minimum absolute atomic E-state index is 0. The number of aliphatic hydroxyl groups is 1. The normalized spacial score (nSPS) is 20.1. The first-order valence-corrected chi connectivity index (χ1v) is 7.28. The van der Waals surface area contributed by atoms with Crippen LogP contribution in [0.3, 0.4) is 0 Å². The number of carbonyl (C=O) groups is 1. The molecule has 0 spiro atoms. The third kappa shape index (κ3) is 3.87. The molecule has 23 heavy (non-hydrogen) atoms. The molecule has 2 aromatic rings. The molecule has 0 aliphatic carbocycles. The lowest BCUT2D eigenvalue weighted by atomic mass is 10.0. The minimum Gasteiger partial charge on any atom is -0.391 e. The number of aliphatic hydroxyl groups excluding tert-OH is 1. The van der Waals surface area contributed by atoms with Crippen LogP contribution in [0.15, 0.2) is 30.9 Å². The average molecular weight is 338 g/mol. The number of rotatable bonds is 4. The van der Waals surface area contributed by atoms with Crippen molar-refractivity contribution in [3.05, 3.63) is 42.0 Å². The van der Waals surface area contributed by atoms with E-state index in [-0.39, 0.29) is 24.2 Å². The summed E-state index contributed by atoms with van der Waals surface area (Å²) in [4.78, 5) is 16.2. The van der Waals surface area contributed by atoms with Crippen molar-refractivity contribution in [2.45, 2.75) is 13.0 Å². The van der Waals surface area contributed by atoms with Gasteiger partial charge in [-0.3, -0.25) is 4.79 Å². The summed E-state index contributed by atoms with van der Waals surface area (Å²) in [5, 5.41) is 19.8. The van der Waals surface area contributed by atoms with Crippen molar-refractivity contribution in [1.29, 1.82) is 0 Å². The zero-order chi connectivity index (χ0) is 15.5. The number of β-amino-alcohol motifs (C(OH)–C–C–N with tert-alkyl or cyclic N) is 1. The molecule has 1 aliphatic heterocycles. The van der Waals surface area contributed by atoms with Crippen LogP contribution in [0.1, 0.15) is 15.9 Å². The van der Waals surface area contributed by atoms with Crippen LogP contribution in [-0.4, -0.2) is 51.5 Å². The molecule has 1 saturated heterocycles. The molecule has 1 fully saturated rings. The molecule has 1 aromatic heterocycles. The predicted molar refractivity (Wildman–Crippen MR) is 88.0 cm³/mol. The van der Waals surface area contributed by atoms with Gasteiger partial charge in [-0.05, 0) is 30.7 Å². The Kier molecular flexibility index (Phi) is 5.70. The SMILES string of the molecule is Cc1cc(-n2cncn2)ccc1C(=O)NCC1CNCC1O.Cl. The first kappa shape index (κ1) is 17.4. The van der Waals surface area contributed by atoms with Crippen LogP contribution in [0.4, 0.5) is 0 Å². The molecule has 124 valence electrons. The van der Waals surface area contributed by atoms with E-state index in [0.29, 0.717) is 18.7 Å². The highest BCUT2D eigenvalue weighted by Gasteiger charge is 2.25. The number of halogens is 1. The quantitative estimate of drug-likeness (QED) is 0.746. The Hall–Kier alpha value is -1.96. The van der Waals surface area contributed by atoms with Gasteiger partial charge >= 0.3 is 0 Å². The standard InChI is InChI=1S/C15H19N5O2.ClH/c1-10-4-12(20-9-17-8-19-20)2-3-13(10)15(22)18-6-11-5-16-7-14(11)21;/h2-4,8-9,11,14,16,21H,5-7H2,1H3,(H,18,22);1H. The van der Waals surface area contributed by atoms with Gasteiger partial charge < -0.3 is 15.7 Å². The molecule has 0 radical (unpaired) electrons. The van der Waals surface area contributed by atoms with Crippen LogP contribution >= 0.6 is 12.4 Å². The van der Waals surface area contributed by atoms with Gasteiger partial charge in [-0.1, -0.05) is 0 Å². The summed E-state index contributed by atoms with van der Waals surface area (Å²) in [5.74, 6) is -0.0552. The van der Waals surface area contributed by atoms with E-state index in [1.54, 1.807) is 17.1 Å². The maximum absolute atomic E-state index is 12.3. The average Bonchev–Trinajstić information content (AvgIpc) is 3.16. The Morgan fingerprint density at radius 1 is 1.48 bits per heavy atom. The maximum atomic E-state index is 12.3. The number of aromatic nitrogens is 3. The Morgan fingerprint density at radius 3 is 2.91 bits per heavy atom. The van der Waals surface area contributed by atoms with Gasteiger partial charge in [0.15, 0.2) is 0 Å². The summed E-state index contributed by atoms with van der Waals surface area (Å²) in [6.45, 7) is 3.68. The smallest absolute Gasteiger partial charge is 0.251 e. The number of benzene rings is 1. The van der Waals surface area contributed by atoms with Crippen molar-refractivity contribution in [3.8, 4) is 5.69 Å². The molecular weight excluding hydrogens is 318 g/mol. The van der Waals surface area contributed by atoms with Crippen LogP contribution in [0.25, 0.3) is 5.69 Å². The molecule has 0 bridgehead atoms. The van der Waals surface area contributed by atoms with Crippen molar-refractivity contribution in [3.63, 3.8) is 0 Å². The lowest BCUT2D eigenvalue weighted by Gasteiger charge is -2.15. The second kappa shape index (κ2) is 7.54.